The molecule has 1 saturated heterocycles. The van der Waals surface area contributed by atoms with Crippen LogP contribution in [0.3, 0.4) is 0 Å². The summed E-state index contributed by atoms with van der Waals surface area (Å²) >= 11 is 0. The highest BCUT2D eigenvalue weighted by molar-refractivity contribution is 6.03. The first kappa shape index (κ1) is 22.0. The Hall–Kier alpha value is -3.74. The molecule has 1 fully saturated rings. The highest BCUT2D eigenvalue weighted by Gasteiger charge is 2.35. The summed E-state index contributed by atoms with van der Waals surface area (Å²) < 4.78 is 46.7. The molecular formula is C21H18F3N3O4. The number of rotatable bonds is 6. The van der Waals surface area contributed by atoms with Gasteiger partial charge in [-0.2, -0.15) is 18.4 Å². The molecule has 1 N–H and O–H groups in total. The molecule has 162 valence electrons. The molecular weight excluding hydrogens is 415 g/mol. The number of alkyl halides is 3. The van der Waals surface area contributed by atoms with Gasteiger partial charge in [-0.05, 0) is 42.5 Å². The Morgan fingerprint density at radius 1 is 1.26 bits per heavy atom. The first-order chi connectivity index (χ1) is 14.7. The van der Waals surface area contributed by atoms with Crippen molar-refractivity contribution in [3.05, 3.63) is 48.0 Å². The van der Waals surface area contributed by atoms with E-state index in [1.54, 1.807) is 30.3 Å². The molecule has 0 radical (unpaired) electrons. The number of nitrogens with zero attached hydrogens (tertiary/aromatic N) is 2. The summed E-state index contributed by atoms with van der Waals surface area (Å²) in [6.45, 7) is -1.35. The summed E-state index contributed by atoms with van der Waals surface area (Å²) in [4.78, 5) is 26.5. The van der Waals surface area contributed by atoms with Gasteiger partial charge in [-0.3, -0.25) is 9.59 Å². The second-order valence-electron chi connectivity index (χ2n) is 6.82. The molecule has 0 spiro atoms. The van der Waals surface area contributed by atoms with Crippen molar-refractivity contribution in [3.8, 4) is 17.6 Å². The average Bonchev–Trinajstić information content (AvgIpc) is 3.14. The SMILES string of the molecule is COc1ccc(N2CC(C(=O)Nc3ccc(OCC(F)(F)F)c(C#N)c3)CC2=O)cc1. The molecule has 1 heterocycles. The molecule has 0 bridgehead atoms. The summed E-state index contributed by atoms with van der Waals surface area (Å²) in [6.07, 6.45) is -4.53. The molecule has 31 heavy (non-hydrogen) atoms. The van der Waals surface area contributed by atoms with Crippen molar-refractivity contribution < 1.29 is 32.2 Å². The number of nitrogens with one attached hydrogen (secondary N) is 1. The van der Waals surface area contributed by atoms with Gasteiger partial charge in [-0.25, -0.2) is 0 Å². The van der Waals surface area contributed by atoms with E-state index in [1.807, 2.05) is 0 Å². The molecule has 0 aliphatic carbocycles. The molecule has 7 nitrogen and oxygen atoms in total. The quantitative estimate of drug-likeness (QED) is 0.753. The van der Waals surface area contributed by atoms with Crippen molar-refractivity contribution in [1.29, 1.82) is 5.26 Å². The van der Waals surface area contributed by atoms with Crippen LogP contribution < -0.4 is 19.7 Å². The van der Waals surface area contributed by atoms with E-state index in [4.69, 9.17) is 10.00 Å². The van der Waals surface area contributed by atoms with Gasteiger partial charge in [0, 0.05) is 24.3 Å². The molecule has 0 saturated carbocycles. The van der Waals surface area contributed by atoms with Crippen molar-refractivity contribution in [2.45, 2.75) is 12.6 Å². The van der Waals surface area contributed by atoms with Crippen molar-refractivity contribution in [2.75, 3.05) is 30.5 Å². The van der Waals surface area contributed by atoms with Gasteiger partial charge in [0.15, 0.2) is 6.61 Å². The summed E-state index contributed by atoms with van der Waals surface area (Å²) in [6, 6.07) is 12.3. The number of halogens is 3. The lowest BCUT2D eigenvalue weighted by Crippen LogP contribution is -2.28. The van der Waals surface area contributed by atoms with Gasteiger partial charge >= 0.3 is 6.18 Å². The van der Waals surface area contributed by atoms with Gasteiger partial charge in [-0.1, -0.05) is 0 Å². The van der Waals surface area contributed by atoms with E-state index >= 15 is 0 Å². The number of hydrogen-bond acceptors (Lipinski definition) is 5. The number of ether oxygens (including phenoxy) is 2. The fourth-order valence-electron chi connectivity index (χ4n) is 3.12. The second kappa shape index (κ2) is 8.95. The summed E-state index contributed by atoms with van der Waals surface area (Å²) in [5.41, 5.74) is 0.708. The molecule has 0 aromatic heterocycles. The number of amides is 2. The highest BCUT2D eigenvalue weighted by Crippen LogP contribution is 2.29. The number of methoxy groups -OCH3 is 1. The maximum absolute atomic E-state index is 12.6. The van der Waals surface area contributed by atoms with Crippen molar-refractivity contribution in [3.63, 3.8) is 0 Å². The fourth-order valence-corrected chi connectivity index (χ4v) is 3.12. The van der Waals surface area contributed by atoms with Crippen molar-refractivity contribution >= 4 is 23.2 Å². The lowest BCUT2D eigenvalue weighted by molar-refractivity contribution is -0.153. The normalized spacial score (nSPS) is 16.0. The van der Waals surface area contributed by atoms with Crippen LogP contribution in [0.15, 0.2) is 42.5 Å². The lowest BCUT2D eigenvalue weighted by atomic mass is 10.1. The molecule has 1 atom stereocenters. The van der Waals surface area contributed by atoms with Gasteiger partial charge in [-0.15, -0.1) is 0 Å². The Bertz CT molecular complexity index is 1020. The Morgan fingerprint density at radius 3 is 2.58 bits per heavy atom. The Labute approximate surface area is 176 Å². The Kier molecular flexibility index (Phi) is 6.34. The molecule has 1 aliphatic rings. The Balaban J connectivity index is 1.66. The van der Waals surface area contributed by atoms with Gasteiger partial charge in [0.25, 0.3) is 0 Å². The van der Waals surface area contributed by atoms with Crippen LogP contribution in [0.25, 0.3) is 0 Å². The van der Waals surface area contributed by atoms with Crippen LogP contribution in [0.2, 0.25) is 0 Å². The maximum Gasteiger partial charge on any atom is 0.422 e. The number of carbonyl (C=O) groups is 2. The van der Waals surface area contributed by atoms with Gasteiger partial charge < -0.3 is 19.7 Å². The third kappa shape index (κ3) is 5.45. The topological polar surface area (TPSA) is 91.7 Å². The lowest BCUT2D eigenvalue weighted by Gasteiger charge is -2.17. The summed E-state index contributed by atoms with van der Waals surface area (Å²) in [5, 5.41) is 11.8. The fraction of sp³-hybridized carbons (Fsp3) is 0.286. The highest BCUT2D eigenvalue weighted by atomic mass is 19.4. The minimum atomic E-state index is -4.54. The van der Waals surface area contributed by atoms with Crippen LogP contribution in [0.5, 0.6) is 11.5 Å². The Morgan fingerprint density at radius 2 is 1.97 bits per heavy atom. The predicted octanol–water partition coefficient (Wildman–Crippen LogP) is 3.50. The zero-order valence-electron chi connectivity index (χ0n) is 16.4. The largest absolute Gasteiger partial charge is 0.497 e. The summed E-state index contributed by atoms with van der Waals surface area (Å²) in [5.74, 6) is -0.863. The maximum atomic E-state index is 12.6. The zero-order chi connectivity index (χ0) is 22.6. The van der Waals surface area contributed by atoms with Crippen LogP contribution in [0.4, 0.5) is 24.5 Å². The molecule has 1 unspecified atom stereocenters. The molecule has 2 amide bonds. The molecule has 3 rings (SSSR count). The van der Waals surface area contributed by atoms with E-state index in [-0.39, 0.29) is 35.9 Å². The van der Waals surface area contributed by atoms with Crippen molar-refractivity contribution in [2.24, 2.45) is 5.92 Å². The first-order valence-electron chi connectivity index (χ1n) is 9.19. The smallest absolute Gasteiger partial charge is 0.422 e. The van der Waals surface area contributed by atoms with E-state index in [2.05, 4.69) is 10.1 Å². The van der Waals surface area contributed by atoms with Crippen LogP contribution in [0.1, 0.15) is 12.0 Å². The number of carbonyl (C=O) groups excluding carboxylic acids is 2. The van der Waals surface area contributed by atoms with Crippen molar-refractivity contribution in [1.82, 2.24) is 0 Å². The molecule has 2 aromatic carbocycles. The van der Waals surface area contributed by atoms with Crippen LogP contribution in [-0.4, -0.2) is 38.3 Å². The standard InChI is InChI=1S/C21H18F3N3O4/c1-30-17-5-3-16(4-6-17)27-11-14(9-19(27)28)20(29)26-15-2-7-18(13(8-15)10-25)31-12-21(22,23)24/h2-8,14H,9,11-12H2,1H3,(H,26,29). The third-order valence-electron chi connectivity index (χ3n) is 4.64. The predicted molar refractivity (Wildman–Crippen MR) is 105 cm³/mol. The van der Waals surface area contributed by atoms with Crippen LogP contribution in [0, 0.1) is 17.2 Å². The van der Waals surface area contributed by atoms with Crippen LogP contribution >= 0.6 is 0 Å². The molecule has 1 aliphatic heterocycles. The number of anilines is 2. The summed E-state index contributed by atoms with van der Waals surface area (Å²) in [7, 11) is 1.53. The van der Waals surface area contributed by atoms with Crippen LogP contribution in [-0.2, 0) is 9.59 Å². The second-order valence-corrected chi connectivity index (χ2v) is 6.82. The number of hydrogen-bond donors (Lipinski definition) is 1. The average molecular weight is 433 g/mol. The van der Waals surface area contributed by atoms with Gasteiger partial charge in [0.05, 0.1) is 18.6 Å². The first-order valence-corrected chi connectivity index (χ1v) is 9.19. The molecule has 2 aromatic rings. The molecule has 10 heteroatoms. The van der Waals surface area contributed by atoms with E-state index in [1.165, 1.54) is 30.2 Å². The number of benzene rings is 2. The van der Waals surface area contributed by atoms with E-state index in [0.717, 1.165) is 0 Å². The number of nitriles is 1. The minimum absolute atomic E-state index is 0.00967. The van der Waals surface area contributed by atoms with E-state index in [0.29, 0.717) is 11.4 Å². The van der Waals surface area contributed by atoms with E-state index in [9.17, 15) is 22.8 Å². The minimum Gasteiger partial charge on any atom is -0.497 e. The third-order valence-corrected chi connectivity index (χ3v) is 4.64. The van der Waals surface area contributed by atoms with Gasteiger partial charge in [0.2, 0.25) is 11.8 Å². The van der Waals surface area contributed by atoms with Gasteiger partial charge in [0.1, 0.15) is 17.6 Å². The monoisotopic (exact) mass is 433 g/mol. The van der Waals surface area contributed by atoms with E-state index < -0.39 is 24.6 Å². The zero-order valence-corrected chi connectivity index (χ0v) is 16.4.